The summed E-state index contributed by atoms with van der Waals surface area (Å²) in [6.07, 6.45) is 2.15. The molecule has 2 N–H and O–H groups in total. The Bertz CT molecular complexity index is 141. The average molecular weight is 186 g/mol. The molecule has 0 rings (SSSR count). The maximum atomic E-state index is 6.14. The highest BCUT2D eigenvalue weighted by molar-refractivity contribution is 4.82. The SMILES string of the molecule is CCC(C)(N)CC(C)C(C)N(C)C. The van der Waals surface area contributed by atoms with E-state index in [0.717, 1.165) is 12.8 Å². The highest BCUT2D eigenvalue weighted by Gasteiger charge is 2.23. The summed E-state index contributed by atoms with van der Waals surface area (Å²) in [4.78, 5) is 2.26. The zero-order valence-electron chi connectivity index (χ0n) is 10.1. The van der Waals surface area contributed by atoms with E-state index in [0.29, 0.717) is 12.0 Å². The smallest absolute Gasteiger partial charge is 0.0126 e. The van der Waals surface area contributed by atoms with E-state index in [2.05, 4.69) is 46.7 Å². The molecule has 0 aliphatic heterocycles. The van der Waals surface area contributed by atoms with Crippen molar-refractivity contribution in [2.45, 2.75) is 52.1 Å². The zero-order valence-corrected chi connectivity index (χ0v) is 10.1. The lowest BCUT2D eigenvalue weighted by Gasteiger charge is -2.32. The molecule has 0 saturated heterocycles. The quantitative estimate of drug-likeness (QED) is 0.712. The fourth-order valence-corrected chi connectivity index (χ4v) is 1.56. The molecule has 0 heterocycles. The highest BCUT2D eigenvalue weighted by Crippen LogP contribution is 2.21. The Hall–Kier alpha value is -0.0800. The Kier molecular flexibility index (Phi) is 4.93. The van der Waals surface area contributed by atoms with E-state index >= 15 is 0 Å². The van der Waals surface area contributed by atoms with E-state index in [1.54, 1.807) is 0 Å². The first kappa shape index (κ1) is 12.9. The van der Waals surface area contributed by atoms with Crippen molar-refractivity contribution in [1.82, 2.24) is 4.90 Å². The molecular weight excluding hydrogens is 160 g/mol. The van der Waals surface area contributed by atoms with E-state index < -0.39 is 0 Å². The summed E-state index contributed by atoms with van der Waals surface area (Å²) in [6.45, 7) is 8.85. The molecule has 0 aromatic rings. The molecule has 80 valence electrons. The van der Waals surface area contributed by atoms with Crippen molar-refractivity contribution in [2.75, 3.05) is 14.1 Å². The number of nitrogens with zero attached hydrogens (tertiary/aromatic N) is 1. The fourth-order valence-electron chi connectivity index (χ4n) is 1.56. The number of rotatable bonds is 5. The molecule has 2 nitrogen and oxygen atoms in total. The second-order valence-electron chi connectivity index (χ2n) is 4.89. The largest absolute Gasteiger partial charge is 0.325 e. The fraction of sp³-hybridized carbons (Fsp3) is 1.00. The summed E-state index contributed by atoms with van der Waals surface area (Å²) in [6, 6.07) is 0.606. The van der Waals surface area contributed by atoms with Gasteiger partial charge in [0.2, 0.25) is 0 Å². The van der Waals surface area contributed by atoms with Gasteiger partial charge in [0.1, 0.15) is 0 Å². The van der Waals surface area contributed by atoms with Crippen LogP contribution in [0.3, 0.4) is 0 Å². The second-order valence-corrected chi connectivity index (χ2v) is 4.89. The molecule has 0 aliphatic rings. The molecule has 13 heavy (non-hydrogen) atoms. The minimum Gasteiger partial charge on any atom is -0.325 e. The first-order valence-corrected chi connectivity index (χ1v) is 5.25. The Balaban J connectivity index is 4.06. The molecule has 0 amide bonds. The predicted octanol–water partition coefficient (Wildman–Crippen LogP) is 2.09. The topological polar surface area (TPSA) is 29.3 Å². The van der Waals surface area contributed by atoms with Gasteiger partial charge in [0, 0.05) is 11.6 Å². The zero-order chi connectivity index (χ0) is 10.6. The molecule has 0 radical (unpaired) electrons. The van der Waals surface area contributed by atoms with Crippen LogP contribution in [0.15, 0.2) is 0 Å². The molecule has 3 unspecified atom stereocenters. The normalized spacial score (nSPS) is 21.2. The molecule has 3 atom stereocenters. The van der Waals surface area contributed by atoms with Crippen LogP contribution >= 0.6 is 0 Å². The van der Waals surface area contributed by atoms with Gasteiger partial charge in [-0.2, -0.15) is 0 Å². The monoisotopic (exact) mass is 186 g/mol. The number of hydrogen-bond donors (Lipinski definition) is 1. The minimum absolute atomic E-state index is 0.00366. The van der Waals surface area contributed by atoms with Crippen LogP contribution in [0.2, 0.25) is 0 Å². The third-order valence-corrected chi connectivity index (χ3v) is 3.23. The molecule has 0 aromatic heterocycles. The molecule has 0 aliphatic carbocycles. The molecule has 0 bridgehead atoms. The van der Waals surface area contributed by atoms with Crippen LogP contribution in [-0.4, -0.2) is 30.6 Å². The van der Waals surface area contributed by atoms with Crippen LogP contribution < -0.4 is 5.73 Å². The summed E-state index contributed by atoms with van der Waals surface area (Å²) in [5.74, 6) is 0.657. The van der Waals surface area contributed by atoms with Gasteiger partial charge in [-0.25, -0.2) is 0 Å². The average Bonchev–Trinajstić information content (AvgIpc) is 2.02. The Morgan fingerprint density at radius 1 is 1.31 bits per heavy atom. The van der Waals surface area contributed by atoms with E-state index in [9.17, 15) is 0 Å². The van der Waals surface area contributed by atoms with Crippen molar-refractivity contribution in [3.63, 3.8) is 0 Å². The Morgan fingerprint density at radius 3 is 2.08 bits per heavy atom. The lowest BCUT2D eigenvalue weighted by atomic mass is 9.85. The minimum atomic E-state index is 0.00366. The van der Waals surface area contributed by atoms with Gasteiger partial charge in [0.15, 0.2) is 0 Å². The van der Waals surface area contributed by atoms with Crippen molar-refractivity contribution in [3.05, 3.63) is 0 Å². The van der Waals surface area contributed by atoms with Gasteiger partial charge in [-0.3, -0.25) is 0 Å². The van der Waals surface area contributed by atoms with Crippen LogP contribution in [0.5, 0.6) is 0 Å². The lowest BCUT2D eigenvalue weighted by molar-refractivity contribution is 0.200. The Morgan fingerprint density at radius 2 is 1.77 bits per heavy atom. The van der Waals surface area contributed by atoms with E-state index in [1.807, 2.05) is 0 Å². The predicted molar refractivity (Wildman–Crippen MR) is 59.8 cm³/mol. The number of nitrogens with two attached hydrogens (primary N) is 1. The van der Waals surface area contributed by atoms with Gasteiger partial charge in [-0.15, -0.1) is 0 Å². The highest BCUT2D eigenvalue weighted by atomic mass is 15.1. The van der Waals surface area contributed by atoms with Crippen LogP contribution in [0.1, 0.15) is 40.5 Å². The van der Waals surface area contributed by atoms with Crippen molar-refractivity contribution in [1.29, 1.82) is 0 Å². The molecule has 2 heteroatoms. The summed E-state index contributed by atoms with van der Waals surface area (Å²) in [5.41, 5.74) is 6.14. The van der Waals surface area contributed by atoms with Gasteiger partial charge < -0.3 is 10.6 Å². The molecule has 0 aromatic carbocycles. The van der Waals surface area contributed by atoms with Gasteiger partial charge in [-0.1, -0.05) is 13.8 Å². The maximum absolute atomic E-state index is 6.14. The van der Waals surface area contributed by atoms with Crippen LogP contribution in [-0.2, 0) is 0 Å². The van der Waals surface area contributed by atoms with Crippen molar-refractivity contribution < 1.29 is 0 Å². The number of hydrogen-bond acceptors (Lipinski definition) is 2. The van der Waals surface area contributed by atoms with E-state index in [4.69, 9.17) is 5.73 Å². The third-order valence-electron chi connectivity index (χ3n) is 3.23. The summed E-state index contributed by atoms with van der Waals surface area (Å²) >= 11 is 0. The first-order valence-electron chi connectivity index (χ1n) is 5.25. The first-order chi connectivity index (χ1) is 5.80. The van der Waals surface area contributed by atoms with Gasteiger partial charge in [-0.05, 0) is 46.7 Å². The van der Waals surface area contributed by atoms with Crippen molar-refractivity contribution >= 4 is 0 Å². The maximum Gasteiger partial charge on any atom is 0.0126 e. The third kappa shape index (κ3) is 4.63. The lowest BCUT2D eigenvalue weighted by Crippen LogP contribution is -2.41. The molecule has 0 saturated carbocycles. The molecule has 0 fully saturated rings. The Labute approximate surface area is 83.5 Å². The van der Waals surface area contributed by atoms with Crippen LogP contribution in [0.25, 0.3) is 0 Å². The van der Waals surface area contributed by atoms with Crippen molar-refractivity contribution in [2.24, 2.45) is 11.7 Å². The summed E-state index contributed by atoms with van der Waals surface area (Å²) < 4.78 is 0. The van der Waals surface area contributed by atoms with Crippen LogP contribution in [0, 0.1) is 5.92 Å². The van der Waals surface area contributed by atoms with E-state index in [-0.39, 0.29) is 5.54 Å². The van der Waals surface area contributed by atoms with Gasteiger partial charge in [0.25, 0.3) is 0 Å². The standard InChI is InChI=1S/C11H26N2/c1-7-11(4,12)8-9(2)10(3)13(5)6/h9-10H,7-8,12H2,1-6H3. The molecular formula is C11H26N2. The van der Waals surface area contributed by atoms with Crippen molar-refractivity contribution in [3.8, 4) is 0 Å². The summed E-state index contributed by atoms with van der Waals surface area (Å²) in [5, 5.41) is 0. The van der Waals surface area contributed by atoms with Crippen LogP contribution in [0.4, 0.5) is 0 Å². The summed E-state index contributed by atoms with van der Waals surface area (Å²) in [7, 11) is 4.25. The molecule has 0 spiro atoms. The second kappa shape index (κ2) is 4.97. The van der Waals surface area contributed by atoms with Gasteiger partial charge in [0.05, 0.1) is 0 Å². The van der Waals surface area contributed by atoms with Gasteiger partial charge >= 0.3 is 0 Å². The van der Waals surface area contributed by atoms with E-state index in [1.165, 1.54) is 0 Å².